The van der Waals surface area contributed by atoms with E-state index in [-0.39, 0.29) is 18.3 Å². The first-order valence-electron chi connectivity index (χ1n) is 8.46. The van der Waals surface area contributed by atoms with Crippen LogP contribution in [-0.4, -0.2) is 23.9 Å². The molecule has 1 N–H and O–H groups in total. The van der Waals surface area contributed by atoms with Crippen molar-refractivity contribution in [1.82, 2.24) is 10.2 Å². The first kappa shape index (κ1) is 17.0. The minimum absolute atomic E-state index is 0. The van der Waals surface area contributed by atoms with Gasteiger partial charge in [0.05, 0.1) is 6.54 Å². The zero-order chi connectivity index (χ0) is 15.6. The second kappa shape index (κ2) is 7.37. The Morgan fingerprint density at radius 3 is 2.04 bits per heavy atom. The monoisotopic (exact) mass is 342 g/mol. The predicted molar refractivity (Wildman–Crippen MR) is 99.0 cm³/mol. The van der Waals surface area contributed by atoms with Crippen molar-refractivity contribution in [3.8, 4) is 11.1 Å². The lowest BCUT2D eigenvalue weighted by Gasteiger charge is -2.21. The fraction of sp³-hybridized carbons (Fsp3) is 0.350. The SMILES string of the molecule is Cl.O=C(CNCC1CC1)N1Cc2ccccc2-c2ccccc2C1. The van der Waals surface area contributed by atoms with Crippen LogP contribution in [0.4, 0.5) is 0 Å². The third-order valence-electron chi connectivity index (χ3n) is 4.81. The molecule has 0 saturated heterocycles. The van der Waals surface area contributed by atoms with Crippen molar-refractivity contribution in [3.05, 3.63) is 59.7 Å². The molecule has 3 nitrogen and oxygen atoms in total. The molecule has 1 heterocycles. The lowest BCUT2D eigenvalue weighted by Crippen LogP contribution is -2.37. The first-order chi connectivity index (χ1) is 11.3. The van der Waals surface area contributed by atoms with Crippen LogP contribution in [-0.2, 0) is 17.9 Å². The van der Waals surface area contributed by atoms with E-state index in [1.165, 1.54) is 35.1 Å². The normalized spacial score (nSPS) is 15.8. The molecule has 1 amide bonds. The van der Waals surface area contributed by atoms with Crippen LogP contribution in [0.5, 0.6) is 0 Å². The van der Waals surface area contributed by atoms with Gasteiger partial charge in [-0.2, -0.15) is 0 Å². The van der Waals surface area contributed by atoms with Gasteiger partial charge in [-0.15, -0.1) is 12.4 Å². The number of rotatable bonds is 4. The van der Waals surface area contributed by atoms with Gasteiger partial charge in [-0.05, 0) is 47.6 Å². The van der Waals surface area contributed by atoms with Crippen molar-refractivity contribution in [1.29, 1.82) is 0 Å². The van der Waals surface area contributed by atoms with E-state index in [9.17, 15) is 4.79 Å². The molecule has 0 bridgehead atoms. The molecule has 2 aliphatic rings. The number of nitrogens with zero attached hydrogens (tertiary/aromatic N) is 1. The second-order valence-corrected chi connectivity index (χ2v) is 6.64. The quantitative estimate of drug-likeness (QED) is 0.920. The molecule has 1 aliphatic heterocycles. The standard InChI is InChI=1S/C20H22N2O.ClH/c23-20(12-21-11-15-9-10-15)22-13-16-5-1-3-7-18(16)19-8-4-2-6-17(19)14-22;/h1-8,15,21H,9-14H2;1H. The smallest absolute Gasteiger partial charge is 0.237 e. The minimum atomic E-state index is 0. The summed E-state index contributed by atoms with van der Waals surface area (Å²) in [6.07, 6.45) is 2.62. The van der Waals surface area contributed by atoms with Crippen LogP contribution >= 0.6 is 12.4 Å². The van der Waals surface area contributed by atoms with Gasteiger partial charge in [0.15, 0.2) is 0 Å². The molecule has 2 aromatic carbocycles. The summed E-state index contributed by atoms with van der Waals surface area (Å²) in [6.45, 7) is 2.80. The molecule has 4 rings (SSSR count). The van der Waals surface area contributed by atoms with Crippen LogP contribution in [0.1, 0.15) is 24.0 Å². The second-order valence-electron chi connectivity index (χ2n) is 6.64. The lowest BCUT2D eigenvalue weighted by molar-refractivity contribution is -0.131. The van der Waals surface area contributed by atoms with Crippen molar-refractivity contribution < 1.29 is 4.79 Å². The maximum atomic E-state index is 12.6. The van der Waals surface area contributed by atoms with Crippen LogP contribution < -0.4 is 5.32 Å². The summed E-state index contributed by atoms with van der Waals surface area (Å²) < 4.78 is 0. The van der Waals surface area contributed by atoms with Gasteiger partial charge in [-0.3, -0.25) is 4.79 Å². The van der Waals surface area contributed by atoms with E-state index in [1.807, 2.05) is 4.90 Å². The van der Waals surface area contributed by atoms with Gasteiger partial charge in [-0.25, -0.2) is 0 Å². The number of carbonyl (C=O) groups is 1. The number of benzene rings is 2. The molecule has 1 saturated carbocycles. The molecular weight excluding hydrogens is 320 g/mol. The van der Waals surface area contributed by atoms with Crippen molar-refractivity contribution in [2.45, 2.75) is 25.9 Å². The number of fused-ring (bicyclic) bond motifs is 3. The summed E-state index contributed by atoms with van der Waals surface area (Å²) in [5.74, 6) is 0.991. The minimum Gasteiger partial charge on any atom is -0.333 e. The highest BCUT2D eigenvalue weighted by Crippen LogP contribution is 2.32. The Morgan fingerprint density at radius 2 is 1.50 bits per heavy atom. The van der Waals surface area contributed by atoms with Crippen LogP contribution in [0, 0.1) is 5.92 Å². The van der Waals surface area contributed by atoms with Gasteiger partial charge >= 0.3 is 0 Å². The van der Waals surface area contributed by atoms with E-state index in [0.717, 1.165) is 12.5 Å². The highest BCUT2D eigenvalue weighted by Gasteiger charge is 2.24. The number of halogens is 1. The van der Waals surface area contributed by atoms with E-state index in [0.29, 0.717) is 19.6 Å². The molecule has 2 aromatic rings. The van der Waals surface area contributed by atoms with Gasteiger partial charge in [0.1, 0.15) is 0 Å². The Kier molecular flexibility index (Phi) is 5.22. The van der Waals surface area contributed by atoms with Crippen LogP contribution in [0.2, 0.25) is 0 Å². The fourth-order valence-electron chi connectivity index (χ4n) is 3.30. The summed E-state index contributed by atoms with van der Waals surface area (Å²) in [4.78, 5) is 14.6. The van der Waals surface area contributed by atoms with Crippen molar-refractivity contribution in [2.75, 3.05) is 13.1 Å². The molecule has 0 aromatic heterocycles. The zero-order valence-electron chi connectivity index (χ0n) is 13.7. The molecule has 126 valence electrons. The van der Waals surface area contributed by atoms with Gasteiger partial charge < -0.3 is 10.2 Å². The number of amides is 1. The molecule has 24 heavy (non-hydrogen) atoms. The molecule has 0 spiro atoms. The number of hydrogen-bond donors (Lipinski definition) is 1. The van der Waals surface area contributed by atoms with E-state index < -0.39 is 0 Å². The lowest BCUT2D eigenvalue weighted by atomic mass is 9.97. The summed E-state index contributed by atoms with van der Waals surface area (Å²) in [5, 5.41) is 3.32. The van der Waals surface area contributed by atoms with Crippen LogP contribution in [0.3, 0.4) is 0 Å². The first-order valence-corrected chi connectivity index (χ1v) is 8.46. The Hall–Kier alpha value is -1.84. The Bertz CT molecular complexity index is 680. The topological polar surface area (TPSA) is 32.3 Å². The molecule has 1 fully saturated rings. The van der Waals surface area contributed by atoms with Crippen LogP contribution in [0.15, 0.2) is 48.5 Å². The molecule has 0 unspecified atom stereocenters. The highest BCUT2D eigenvalue weighted by molar-refractivity contribution is 5.85. The van der Waals surface area contributed by atoms with Gasteiger partial charge in [0.25, 0.3) is 0 Å². The molecule has 1 aliphatic carbocycles. The Labute approximate surface area is 149 Å². The van der Waals surface area contributed by atoms with E-state index in [1.54, 1.807) is 0 Å². The largest absolute Gasteiger partial charge is 0.333 e. The third-order valence-corrected chi connectivity index (χ3v) is 4.81. The van der Waals surface area contributed by atoms with Gasteiger partial charge in [-0.1, -0.05) is 48.5 Å². The average molecular weight is 343 g/mol. The predicted octanol–water partition coefficient (Wildman–Crippen LogP) is 3.62. The van der Waals surface area contributed by atoms with E-state index in [4.69, 9.17) is 0 Å². The van der Waals surface area contributed by atoms with Gasteiger partial charge in [0.2, 0.25) is 5.91 Å². The summed E-state index contributed by atoms with van der Waals surface area (Å²) in [5.41, 5.74) is 4.97. The summed E-state index contributed by atoms with van der Waals surface area (Å²) >= 11 is 0. The third kappa shape index (κ3) is 3.63. The summed E-state index contributed by atoms with van der Waals surface area (Å²) in [6, 6.07) is 16.8. The van der Waals surface area contributed by atoms with Crippen molar-refractivity contribution >= 4 is 18.3 Å². The average Bonchev–Trinajstić information content (AvgIpc) is 3.40. The van der Waals surface area contributed by atoms with Crippen molar-refractivity contribution in [2.24, 2.45) is 5.92 Å². The number of nitrogens with one attached hydrogen (secondary N) is 1. The Morgan fingerprint density at radius 1 is 0.958 bits per heavy atom. The molecule has 4 heteroatoms. The maximum Gasteiger partial charge on any atom is 0.237 e. The van der Waals surface area contributed by atoms with Gasteiger partial charge in [0, 0.05) is 13.1 Å². The van der Waals surface area contributed by atoms with E-state index >= 15 is 0 Å². The zero-order valence-corrected chi connectivity index (χ0v) is 14.5. The van der Waals surface area contributed by atoms with Crippen LogP contribution in [0.25, 0.3) is 11.1 Å². The molecule has 0 atom stereocenters. The van der Waals surface area contributed by atoms with Crippen molar-refractivity contribution in [3.63, 3.8) is 0 Å². The van der Waals surface area contributed by atoms with E-state index in [2.05, 4.69) is 53.8 Å². The Balaban J connectivity index is 0.00000169. The highest BCUT2D eigenvalue weighted by atomic mass is 35.5. The molecular formula is C20H23ClN2O. The molecule has 0 radical (unpaired) electrons. The maximum absolute atomic E-state index is 12.6. The fourth-order valence-corrected chi connectivity index (χ4v) is 3.30. The number of carbonyl (C=O) groups excluding carboxylic acids is 1. The number of hydrogen-bond acceptors (Lipinski definition) is 2. The summed E-state index contributed by atoms with van der Waals surface area (Å²) in [7, 11) is 0.